The number of likely N-dealkylation sites (N-methyl/N-ethyl adjacent to an activating group) is 1. The summed E-state index contributed by atoms with van der Waals surface area (Å²) in [5.41, 5.74) is 2.02. The molecule has 1 amide bonds. The van der Waals surface area contributed by atoms with Gasteiger partial charge in [0.05, 0.1) is 0 Å². The van der Waals surface area contributed by atoms with Gasteiger partial charge >= 0.3 is 0 Å². The fourth-order valence-corrected chi connectivity index (χ4v) is 5.32. The van der Waals surface area contributed by atoms with E-state index in [0.29, 0.717) is 17.4 Å². The molecule has 0 radical (unpaired) electrons. The van der Waals surface area contributed by atoms with Crippen molar-refractivity contribution in [1.29, 1.82) is 0 Å². The second kappa shape index (κ2) is 3.84. The number of hydrogen-bond donors (Lipinski definition) is 0. The molecule has 0 aromatic heterocycles. The Morgan fingerprint density at radius 1 is 1.32 bits per heavy atom. The third-order valence-electron chi connectivity index (χ3n) is 6.09. The van der Waals surface area contributed by atoms with Crippen molar-refractivity contribution in [1.82, 2.24) is 4.90 Å². The maximum absolute atomic E-state index is 11.4. The quantitative estimate of drug-likeness (QED) is 0.757. The molecular formula is C17H21NO. The van der Waals surface area contributed by atoms with Crippen LogP contribution in [0, 0.1) is 17.3 Å². The molecule has 1 aromatic rings. The number of hydrogen-bond acceptors (Lipinski definition) is 1. The summed E-state index contributed by atoms with van der Waals surface area (Å²) in [5, 5.41) is 0. The van der Waals surface area contributed by atoms with Gasteiger partial charge in [-0.15, -0.1) is 0 Å². The molecule has 2 heteroatoms. The number of benzene rings is 1. The predicted molar refractivity (Wildman–Crippen MR) is 74.7 cm³/mol. The van der Waals surface area contributed by atoms with Crippen LogP contribution in [0.3, 0.4) is 0 Å². The van der Waals surface area contributed by atoms with Crippen molar-refractivity contribution in [3.8, 4) is 0 Å². The minimum atomic E-state index is 0.456. The van der Waals surface area contributed by atoms with Crippen molar-refractivity contribution >= 4 is 6.41 Å². The Kier molecular flexibility index (Phi) is 2.33. The number of rotatable bonds is 4. The van der Waals surface area contributed by atoms with E-state index < -0.39 is 0 Å². The predicted octanol–water partition coefficient (Wildman–Crippen LogP) is 3.05. The van der Waals surface area contributed by atoms with Gasteiger partial charge in [0.1, 0.15) is 0 Å². The summed E-state index contributed by atoms with van der Waals surface area (Å²) in [6.07, 6.45) is 5.21. The van der Waals surface area contributed by atoms with Crippen molar-refractivity contribution in [3.05, 3.63) is 35.9 Å². The Hall–Kier alpha value is -1.31. The summed E-state index contributed by atoms with van der Waals surface area (Å²) in [5.74, 6) is 2.31. The highest BCUT2D eigenvalue weighted by Crippen LogP contribution is 2.81. The molecule has 100 valence electrons. The van der Waals surface area contributed by atoms with Crippen LogP contribution in [0.15, 0.2) is 30.3 Å². The zero-order valence-corrected chi connectivity index (χ0v) is 11.5. The molecule has 2 nitrogen and oxygen atoms in total. The molecule has 4 rings (SSSR count). The highest BCUT2D eigenvalue weighted by molar-refractivity contribution is 5.51. The van der Waals surface area contributed by atoms with Gasteiger partial charge in [-0.2, -0.15) is 0 Å². The molecular weight excluding hydrogens is 234 g/mol. The summed E-state index contributed by atoms with van der Waals surface area (Å²) in [6, 6.07) is 11.3. The maximum atomic E-state index is 11.4. The molecule has 0 saturated heterocycles. The molecule has 0 aliphatic heterocycles. The van der Waals surface area contributed by atoms with Gasteiger partial charge in [-0.3, -0.25) is 4.79 Å². The van der Waals surface area contributed by atoms with Crippen LogP contribution in [-0.4, -0.2) is 23.9 Å². The minimum Gasteiger partial charge on any atom is -0.342 e. The highest BCUT2D eigenvalue weighted by atomic mass is 16.1. The van der Waals surface area contributed by atoms with E-state index in [0.717, 1.165) is 24.8 Å². The van der Waals surface area contributed by atoms with Gasteiger partial charge in [-0.1, -0.05) is 30.3 Å². The van der Waals surface area contributed by atoms with Crippen molar-refractivity contribution in [3.63, 3.8) is 0 Å². The highest BCUT2D eigenvalue weighted by Gasteiger charge is 2.77. The first-order valence-electron chi connectivity index (χ1n) is 7.59. The molecule has 1 aromatic carbocycles. The zero-order valence-electron chi connectivity index (χ0n) is 11.5. The van der Waals surface area contributed by atoms with Crippen LogP contribution < -0.4 is 0 Å². The lowest BCUT2D eigenvalue weighted by Gasteiger charge is -2.55. The van der Waals surface area contributed by atoms with Crippen LogP contribution in [0.2, 0.25) is 0 Å². The van der Waals surface area contributed by atoms with Crippen LogP contribution in [0.4, 0.5) is 0 Å². The molecule has 0 heterocycles. The lowest BCUT2D eigenvalue weighted by atomic mass is 9.55. The first-order chi connectivity index (χ1) is 9.32. The zero-order chi connectivity index (χ0) is 13.0. The van der Waals surface area contributed by atoms with Crippen molar-refractivity contribution < 1.29 is 4.79 Å². The van der Waals surface area contributed by atoms with Gasteiger partial charge in [0.15, 0.2) is 0 Å². The fourth-order valence-electron chi connectivity index (χ4n) is 5.32. The van der Waals surface area contributed by atoms with E-state index >= 15 is 0 Å². The Bertz CT molecular complexity index is 499. The topological polar surface area (TPSA) is 20.3 Å². The first kappa shape index (κ1) is 11.5. The maximum Gasteiger partial charge on any atom is 0.209 e. The van der Waals surface area contributed by atoms with E-state index in [1.165, 1.54) is 24.8 Å². The number of carbonyl (C=O) groups excluding carboxylic acids is 1. The van der Waals surface area contributed by atoms with Gasteiger partial charge < -0.3 is 4.90 Å². The number of amides is 1. The summed E-state index contributed by atoms with van der Waals surface area (Å²) in [6.45, 7) is 2.94. The van der Waals surface area contributed by atoms with Crippen LogP contribution in [-0.2, 0) is 4.79 Å². The molecule has 1 spiro atoms. The largest absolute Gasteiger partial charge is 0.342 e. The van der Waals surface area contributed by atoms with Crippen molar-refractivity contribution in [2.75, 3.05) is 6.54 Å². The van der Waals surface area contributed by atoms with Crippen LogP contribution >= 0.6 is 0 Å². The van der Waals surface area contributed by atoms with Crippen molar-refractivity contribution in [2.45, 2.75) is 38.1 Å². The molecule has 3 aliphatic carbocycles. The summed E-state index contributed by atoms with van der Waals surface area (Å²) in [7, 11) is 0. The average molecular weight is 255 g/mol. The van der Waals surface area contributed by atoms with Gasteiger partial charge in [-0.25, -0.2) is 0 Å². The Morgan fingerprint density at radius 3 is 2.74 bits per heavy atom. The van der Waals surface area contributed by atoms with Gasteiger partial charge in [0.25, 0.3) is 0 Å². The molecule has 19 heavy (non-hydrogen) atoms. The number of nitrogens with zero attached hydrogens (tertiary/aromatic N) is 1. The molecule has 5 unspecified atom stereocenters. The molecule has 0 bridgehead atoms. The van der Waals surface area contributed by atoms with E-state index in [4.69, 9.17) is 0 Å². The lowest BCUT2D eigenvalue weighted by molar-refractivity contribution is -0.128. The second-order valence-electron chi connectivity index (χ2n) is 6.51. The Morgan fingerprint density at radius 2 is 2.11 bits per heavy atom. The molecule has 0 N–H and O–H groups in total. The van der Waals surface area contributed by atoms with E-state index in [2.05, 4.69) is 37.3 Å². The third-order valence-corrected chi connectivity index (χ3v) is 6.09. The third kappa shape index (κ3) is 1.30. The van der Waals surface area contributed by atoms with Crippen molar-refractivity contribution in [2.24, 2.45) is 17.3 Å². The monoisotopic (exact) mass is 255 g/mol. The summed E-state index contributed by atoms with van der Waals surface area (Å²) < 4.78 is 0. The Balaban J connectivity index is 1.72. The number of carbonyl (C=O) groups is 1. The fraction of sp³-hybridized carbons (Fsp3) is 0.588. The smallest absolute Gasteiger partial charge is 0.209 e. The van der Waals surface area contributed by atoms with Gasteiger partial charge in [0.2, 0.25) is 6.41 Å². The SMILES string of the molecule is CCN(C=O)C1C2CCC3CC32C1c1ccccc1. The van der Waals surface area contributed by atoms with Gasteiger partial charge in [-0.05, 0) is 49.0 Å². The average Bonchev–Trinajstić information content (AvgIpc) is 3.11. The van der Waals surface area contributed by atoms with Crippen LogP contribution in [0.5, 0.6) is 0 Å². The molecule has 3 fully saturated rings. The van der Waals surface area contributed by atoms with Crippen LogP contribution in [0.25, 0.3) is 0 Å². The van der Waals surface area contributed by atoms with E-state index in [9.17, 15) is 4.79 Å². The first-order valence-corrected chi connectivity index (χ1v) is 7.59. The standard InChI is InChI=1S/C17H21NO/c1-2-18(11-19)16-14-9-8-13-10-17(13,14)15(16)12-6-4-3-5-7-12/h3-7,11,13-16H,2,8-10H2,1H3. The van der Waals surface area contributed by atoms with E-state index in [-0.39, 0.29) is 0 Å². The normalized spacial score (nSPS) is 41.9. The Labute approximate surface area is 114 Å². The molecule has 3 aliphatic rings. The lowest BCUT2D eigenvalue weighted by Crippen LogP contribution is -2.58. The second-order valence-corrected chi connectivity index (χ2v) is 6.51. The van der Waals surface area contributed by atoms with Crippen LogP contribution in [0.1, 0.15) is 37.7 Å². The minimum absolute atomic E-state index is 0.456. The van der Waals surface area contributed by atoms with Gasteiger partial charge in [0, 0.05) is 18.5 Å². The molecule has 3 saturated carbocycles. The molecule has 5 atom stereocenters. The summed E-state index contributed by atoms with van der Waals surface area (Å²) >= 11 is 0. The summed E-state index contributed by atoms with van der Waals surface area (Å²) in [4.78, 5) is 13.4. The van der Waals surface area contributed by atoms with E-state index in [1.54, 1.807) is 0 Å². The van der Waals surface area contributed by atoms with E-state index in [1.807, 2.05) is 4.90 Å².